The first-order valence-corrected chi connectivity index (χ1v) is 6.34. The summed E-state index contributed by atoms with van der Waals surface area (Å²) in [5.41, 5.74) is 1.75. The zero-order valence-corrected chi connectivity index (χ0v) is 11.4. The van der Waals surface area contributed by atoms with Crippen LogP contribution in [0.4, 0.5) is 0 Å². The summed E-state index contributed by atoms with van der Waals surface area (Å²) in [5.74, 6) is -0.801. The molecule has 2 rings (SSSR count). The third-order valence-corrected chi connectivity index (χ3v) is 3.28. The van der Waals surface area contributed by atoms with E-state index >= 15 is 0 Å². The van der Waals surface area contributed by atoms with E-state index in [0.717, 1.165) is 5.57 Å². The Morgan fingerprint density at radius 2 is 1.70 bits per heavy atom. The largest absolute Gasteiger partial charge is 0.507 e. The first kappa shape index (κ1) is 13.9. The van der Waals surface area contributed by atoms with E-state index in [1.165, 1.54) is 6.07 Å². The van der Waals surface area contributed by atoms with Crippen molar-refractivity contribution in [3.8, 4) is 11.5 Å². The van der Waals surface area contributed by atoms with Gasteiger partial charge in [0.05, 0.1) is 0 Å². The zero-order chi connectivity index (χ0) is 14.7. The van der Waals surface area contributed by atoms with Gasteiger partial charge in [-0.05, 0) is 31.6 Å². The van der Waals surface area contributed by atoms with Crippen LogP contribution < -0.4 is 0 Å². The first-order valence-electron chi connectivity index (χ1n) is 6.34. The van der Waals surface area contributed by atoms with Crippen molar-refractivity contribution in [3.05, 3.63) is 65.2 Å². The van der Waals surface area contributed by atoms with E-state index in [1.54, 1.807) is 36.4 Å². The van der Waals surface area contributed by atoms with Crippen molar-refractivity contribution < 1.29 is 15.0 Å². The molecule has 0 amide bonds. The Balaban J connectivity index is 2.60. The number of ketones is 1. The minimum atomic E-state index is -0.397. The molecule has 2 aromatic carbocycles. The highest BCUT2D eigenvalue weighted by molar-refractivity contribution is 6.13. The lowest BCUT2D eigenvalue weighted by atomic mass is 9.96. The molecule has 0 bridgehead atoms. The molecule has 3 nitrogen and oxygen atoms in total. The standard InChI is InChI=1S/C17H16O3/c1-3-11(2)13-9-10-14(18)15(17(13)20)16(19)12-7-5-4-6-8-12/h3-10,18,20H,1-2H3. The molecule has 3 heteroatoms. The van der Waals surface area contributed by atoms with Crippen molar-refractivity contribution in [1.82, 2.24) is 0 Å². The minimum Gasteiger partial charge on any atom is -0.507 e. The van der Waals surface area contributed by atoms with Crippen molar-refractivity contribution in [2.75, 3.05) is 0 Å². The molecule has 0 saturated heterocycles. The summed E-state index contributed by atoms with van der Waals surface area (Å²) in [6.07, 6.45) is 1.84. The average molecular weight is 268 g/mol. The second-order valence-electron chi connectivity index (χ2n) is 4.52. The Bertz CT molecular complexity index is 670. The Hall–Kier alpha value is -2.55. The van der Waals surface area contributed by atoms with E-state index in [2.05, 4.69) is 0 Å². The molecule has 0 saturated carbocycles. The van der Waals surface area contributed by atoms with Gasteiger partial charge in [-0.1, -0.05) is 36.4 Å². The van der Waals surface area contributed by atoms with Gasteiger partial charge in [0.2, 0.25) is 5.78 Å². The summed E-state index contributed by atoms with van der Waals surface area (Å²) < 4.78 is 0. The van der Waals surface area contributed by atoms with Crippen molar-refractivity contribution in [2.45, 2.75) is 13.8 Å². The van der Waals surface area contributed by atoms with Crippen LogP contribution in [0.15, 0.2) is 48.5 Å². The summed E-state index contributed by atoms with van der Waals surface area (Å²) in [5, 5.41) is 20.2. The molecule has 2 N–H and O–H groups in total. The molecule has 0 spiro atoms. The van der Waals surface area contributed by atoms with Gasteiger partial charge < -0.3 is 10.2 Å². The Kier molecular flexibility index (Phi) is 3.89. The van der Waals surface area contributed by atoms with Gasteiger partial charge in [0.15, 0.2) is 0 Å². The number of rotatable bonds is 3. The molecule has 0 aliphatic carbocycles. The van der Waals surface area contributed by atoms with Crippen molar-refractivity contribution in [2.24, 2.45) is 0 Å². The summed E-state index contributed by atoms with van der Waals surface area (Å²) in [6.45, 7) is 3.68. The summed E-state index contributed by atoms with van der Waals surface area (Å²) >= 11 is 0. The molecule has 0 unspecified atom stereocenters. The lowest BCUT2D eigenvalue weighted by Crippen LogP contribution is -2.03. The van der Waals surface area contributed by atoms with Crippen LogP contribution in [0.1, 0.15) is 35.3 Å². The second-order valence-corrected chi connectivity index (χ2v) is 4.52. The van der Waals surface area contributed by atoms with E-state index in [1.807, 2.05) is 19.9 Å². The Morgan fingerprint density at radius 1 is 1.05 bits per heavy atom. The Morgan fingerprint density at radius 3 is 2.30 bits per heavy atom. The quantitative estimate of drug-likeness (QED) is 0.833. The average Bonchev–Trinajstić information content (AvgIpc) is 2.47. The molecule has 0 heterocycles. The monoisotopic (exact) mass is 268 g/mol. The van der Waals surface area contributed by atoms with E-state index < -0.39 is 5.78 Å². The number of phenols is 2. The molecule has 102 valence electrons. The highest BCUT2D eigenvalue weighted by atomic mass is 16.3. The van der Waals surface area contributed by atoms with Gasteiger partial charge in [-0.2, -0.15) is 0 Å². The SMILES string of the molecule is CC=C(C)c1ccc(O)c(C(=O)c2ccccc2)c1O. The van der Waals surface area contributed by atoms with Gasteiger partial charge in [-0.3, -0.25) is 4.79 Å². The molecule has 0 atom stereocenters. The fourth-order valence-electron chi connectivity index (χ4n) is 2.01. The van der Waals surface area contributed by atoms with Crippen LogP contribution >= 0.6 is 0 Å². The normalized spacial score (nSPS) is 11.4. The van der Waals surface area contributed by atoms with E-state index in [-0.39, 0.29) is 17.1 Å². The van der Waals surface area contributed by atoms with Gasteiger partial charge in [0.25, 0.3) is 0 Å². The van der Waals surface area contributed by atoms with Gasteiger partial charge in [-0.15, -0.1) is 0 Å². The molecule has 0 aliphatic heterocycles. The number of allylic oxidation sites excluding steroid dienone is 2. The van der Waals surface area contributed by atoms with Crippen molar-refractivity contribution in [3.63, 3.8) is 0 Å². The highest BCUT2D eigenvalue weighted by Gasteiger charge is 2.20. The Labute approximate surface area is 117 Å². The number of hydrogen-bond donors (Lipinski definition) is 2. The minimum absolute atomic E-state index is 0.0603. The molecule has 2 aromatic rings. The van der Waals surface area contributed by atoms with Gasteiger partial charge in [0.1, 0.15) is 17.1 Å². The van der Waals surface area contributed by atoms with E-state index in [9.17, 15) is 15.0 Å². The molecular formula is C17H16O3. The molecule has 0 fully saturated rings. The number of benzene rings is 2. The maximum atomic E-state index is 12.4. The van der Waals surface area contributed by atoms with Crippen LogP contribution in [0.5, 0.6) is 11.5 Å². The van der Waals surface area contributed by atoms with Crippen LogP contribution in [0, 0.1) is 0 Å². The van der Waals surface area contributed by atoms with Crippen LogP contribution in [0.3, 0.4) is 0 Å². The predicted molar refractivity (Wildman–Crippen MR) is 79.0 cm³/mol. The molecule has 0 aliphatic rings. The summed E-state index contributed by atoms with van der Waals surface area (Å²) in [7, 11) is 0. The zero-order valence-electron chi connectivity index (χ0n) is 11.4. The lowest BCUT2D eigenvalue weighted by molar-refractivity contribution is 0.103. The number of phenolic OH excluding ortho intramolecular Hbond substituents is 2. The number of aromatic hydroxyl groups is 2. The fourth-order valence-corrected chi connectivity index (χ4v) is 2.01. The van der Waals surface area contributed by atoms with Crippen LogP contribution in [-0.4, -0.2) is 16.0 Å². The maximum Gasteiger partial charge on any atom is 0.200 e. The van der Waals surface area contributed by atoms with Crippen molar-refractivity contribution in [1.29, 1.82) is 0 Å². The lowest BCUT2D eigenvalue weighted by Gasteiger charge is -2.11. The first-order chi connectivity index (χ1) is 9.56. The van der Waals surface area contributed by atoms with E-state index in [0.29, 0.717) is 11.1 Å². The smallest absolute Gasteiger partial charge is 0.200 e. The van der Waals surface area contributed by atoms with Gasteiger partial charge in [0, 0.05) is 11.1 Å². The number of carbonyl (C=O) groups excluding carboxylic acids is 1. The van der Waals surface area contributed by atoms with Crippen LogP contribution in [0.25, 0.3) is 5.57 Å². The molecule has 0 aromatic heterocycles. The topological polar surface area (TPSA) is 57.5 Å². The highest BCUT2D eigenvalue weighted by Crippen LogP contribution is 2.35. The van der Waals surface area contributed by atoms with Crippen LogP contribution in [-0.2, 0) is 0 Å². The molecular weight excluding hydrogens is 252 g/mol. The fraction of sp³-hybridized carbons (Fsp3) is 0.118. The second kappa shape index (κ2) is 5.61. The summed E-state index contributed by atoms with van der Waals surface area (Å²) in [6, 6.07) is 11.6. The third kappa shape index (κ3) is 2.43. The summed E-state index contributed by atoms with van der Waals surface area (Å²) in [4.78, 5) is 12.4. The molecule has 20 heavy (non-hydrogen) atoms. The number of hydrogen-bond acceptors (Lipinski definition) is 3. The number of carbonyl (C=O) groups is 1. The van der Waals surface area contributed by atoms with Crippen LogP contribution in [0.2, 0.25) is 0 Å². The van der Waals surface area contributed by atoms with Crippen molar-refractivity contribution >= 4 is 11.4 Å². The van der Waals surface area contributed by atoms with Gasteiger partial charge in [-0.25, -0.2) is 0 Å². The van der Waals surface area contributed by atoms with E-state index in [4.69, 9.17) is 0 Å². The molecule has 0 radical (unpaired) electrons. The maximum absolute atomic E-state index is 12.4. The predicted octanol–water partition coefficient (Wildman–Crippen LogP) is 3.75. The third-order valence-electron chi connectivity index (χ3n) is 3.28. The van der Waals surface area contributed by atoms with Gasteiger partial charge >= 0.3 is 0 Å².